The largest absolute Gasteiger partial charge is 0.469 e. The van der Waals surface area contributed by atoms with Crippen molar-refractivity contribution in [3.8, 4) is 0 Å². The number of esters is 1. The lowest BCUT2D eigenvalue weighted by Gasteiger charge is -2.31. The predicted molar refractivity (Wildman–Crippen MR) is 97.2 cm³/mol. The summed E-state index contributed by atoms with van der Waals surface area (Å²) in [5, 5.41) is 0. The van der Waals surface area contributed by atoms with Crippen LogP contribution in [0.25, 0.3) is 0 Å². The second-order valence-electron chi connectivity index (χ2n) is 7.75. The molecule has 25 heavy (non-hydrogen) atoms. The molecule has 3 rings (SSSR count). The van der Waals surface area contributed by atoms with Crippen molar-refractivity contribution in [2.24, 2.45) is 11.8 Å². The Bertz CT molecular complexity index is 617. The summed E-state index contributed by atoms with van der Waals surface area (Å²) < 4.78 is 4.84. The summed E-state index contributed by atoms with van der Waals surface area (Å²) in [5.74, 6) is 0.641. The van der Waals surface area contributed by atoms with E-state index in [-0.39, 0.29) is 29.8 Å². The van der Waals surface area contributed by atoms with E-state index in [9.17, 15) is 9.59 Å². The van der Waals surface area contributed by atoms with Crippen molar-refractivity contribution in [1.29, 1.82) is 0 Å². The van der Waals surface area contributed by atoms with Crippen molar-refractivity contribution in [2.45, 2.75) is 57.9 Å². The van der Waals surface area contributed by atoms with E-state index in [0.717, 1.165) is 38.6 Å². The van der Waals surface area contributed by atoms with Gasteiger partial charge < -0.3 is 9.64 Å². The number of amides is 1. The van der Waals surface area contributed by atoms with Gasteiger partial charge in [0.05, 0.1) is 13.0 Å². The second-order valence-corrected chi connectivity index (χ2v) is 7.75. The van der Waals surface area contributed by atoms with Crippen LogP contribution >= 0.6 is 0 Å². The van der Waals surface area contributed by atoms with Crippen molar-refractivity contribution in [1.82, 2.24) is 4.90 Å². The fraction of sp³-hybridized carbons (Fsp3) is 0.619. The highest BCUT2D eigenvalue weighted by Crippen LogP contribution is 2.36. The number of methoxy groups -OCH3 is 1. The molecule has 1 heterocycles. The molecule has 1 aliphatic heterocycles. The number of rotatable bonds is 3. The quantitative estimate of drug-likeness (QED) is 0.787. The summed E-state index contributed by atoms with van der Waals surface area (Å²) in [7, 11) is 1.44. The minimum Gasteiger partial charge on any atom is -0.469 e. The van der Waals surface area contributed by atoms with Crippen LogP contribution in [-0.4, -0.2) is 36.5 Å². The Morgan fingerprint density at radius 2 is 1.64 bits per heavy atom. The summed E-state index contributed by atoms with van der Waals surface area (Å²) in [4.78, 5) is 26.7. The highest BCUT2D eigenvalue weighted by molar-refractivity contribution is 5.80. The highest BCUT2D eigenvalue weighted by Gasteiger charge is 2.38. The van der Waals surface area contributed by atoms with E-state index >= 15 is 0 Å². The normalized spacial score (nSPS) is 29.5. The first-order valence-electron chi connectivity index (χ1n) is 9.44. The van der Waals surface area contributed by atoms with E-state index in [1.54, 1.807) is 0 Å². The molecule has 0 unspecified atom stereocenters. The van der Waals surface area contributed by atoms with Gasteiger partial charge in [-0.1, -0.05) is 29.8 Å². The molecule has 0 bridgehead atoms. The predicted octanol–water partition coefficient (Wildman–Crippen LogP) is 3.68. The Morgan fingerprint density at radius 1 is 1.04 bits per heavy atom. The first-order valence-corrected chi connectivity index (χ1v) is 9.44. The van der Waals surface area contributed by atoms with Gasteiger partial charge in [0.25, 0.3) is 0 Å². The molecule has 0 N–H and O–H groups in total. The van der Waals surface area contributed by atoms with Crippen LogP contribution in [0.15, 0.2) is 24.3 Å². The zero-order valence-corrected chi connectivity index (χ0v) is 15.5. The van der Waals surface area contributed by atoms with Crippen LogP contribution in [0.5, 0.6) is 0 Å². The van der Waals surface area contributed by atoms with E-state index in [2.05, 4.69) is 43.0 Å². The maximum Gasteiger partial charge on any atom is 0.308 e. The molecule has 1 saturated heterocycles. The molecule has 136 valence electrons. The molecular weight excluding hydrogens is 314 g/mol. The maximum absolute atomic E-state index is 13.0. The third-order valence-corrected chi connectivity index (χ3v) is 6.02. The first-order chi connectivity index (χ1) is 12.0. The van der Waals surface area contributed by atoms with Crippen LogP contribution in [0.3, 0.4) is 0 Å². The van der Waals surface area contributed by atoms with Gasteiger partial charge in [-0.2, -0.15) is 0 Å². The van der Waals surface area contributed by atoms with Crippen molar-refractivity contribution < 1.29 is 14.3 Å². The number of aryl methyl sites for hydroxylation is 1. The standard InChI is InChI=1S/C21H29NO3/c1-14-4-6-16(7-5-14)19-12-15(2)22(13-19)20(23)17-8-10-18(11-9-17)21(24)25-3/h4-7,15,17-19H,8-13H2,1-3H3/t15-,17?,18?,19+/m1/s1. The third-order valence-electron chi connectivity index (χ3n) is 6.02. The molecule has 0 spiro atoms. The van der Waals surface area contributed by atoms with E-state index in [1.807, 2.05) is 0 Å². The summed E-state index contributed by atoms with van der Waals surface area (Å²) >= 11 is 0. The number of nitrogens with zero attached hydrogens (tertiary/aromatic N) is 1. The number of hydrogen-bond donors (Lipinski definition) is 0. The fourth-order valence-corrected chi connectivity index (χ4v) is 4.40. The molecular formula is C21H29NO3. The van der Waals surface area contributed by atoms with Crippen molar-refractivity contribution >= 4 is 11.9 Å². The van der Waals surface area contributed by atoms with Crippen LogP contribution in [0.1, 0.15) is 56.1 Å². The molecule has 1 amide bonds. The first kappa shape index (κ1) is 18.0. The number of benzene rings is 1. The van der Waals surface area contributed by atoms with Gasteiger partial charge in [0.15, 0.2) is 0 Å². The fourth-order valence-electron chi connectivity index (χ4n) is 4.40. The molecule has 2 aliphatic rings. The monoisotopic (exact) mass is 343 g/mol. The minimum atomic E-state index is -0.125. The number of carbonyl (C=O) groups excluding carboxylic acids is 2. The van der Waals surface area contributed by atoms with Gasteiger partial charge in [-0.15, -0.1) is 0 Å². The van der Waals surface area contributed by atoms with Gasteiger partial charge in [-0.25, -0.2) is 0 Å². The molecule has 2 fully saturated rings. The van der Waals surface area contributed by atoms with Crippen LogP contribution in [0.4, 0.5) is 0 Å². The van der Waals surface area contributed by atoms with Gasteiger partial charge in [-0.05, 0) is 51.5 Å². The summed E-state index contributed by atoms with van der Waals surface area (Å²) in [6, 6.07) is 8.99. The second kappa shape index (κ2) is 7.59. The molecule has 1 aromatic carbocycles. The SMILES string of the molecule is COC(=O)C1CCC(C(=O)N2C[C@@H](c3ccc(C)cc3)C[C@H]2C)CC1. The number of carbonyl (C=O) groups is 2. The average Bonchev–Trinajstić information content (AvgIpc) is 3.03. The van der Waals surface area contributed by atoms with E-state index in [0.29, 0.717) is 5.92 Å². The number of ether oxygens (including phenoxy) is 1. The van der Waals surface area contributed by atoms with E-state index in [1.165, 1.54) is 18.2 Å². The average molecular weight is 343 g/mol. The number of likely N-dealkylation sites (tertiary alicyclic amines) is 1. The molecule has 4 nitrogen and oxygen atoms in total. The highest BCUT2D eigenvalue weighted by atomic mass is 16.5. The Kier molecular flexibility index (Phi) is 5.45. The van der Waals surface area contributed by atoms with Crippen LogP contribution in [0, 0.1) is 18.8 Å². The summed E-state index contributed by atoms with van der Waals surface area (Å²) in [5.41, 5.74) is 2.60. The van der Waals surface area contributed by atoms with Gasteiger partial charge in [0.1, 0.15) is 0 Å². The molecule has 2 atom stereocenters. The summed E-state index contributed by atoms with van der Waals surface area (Å²) in [6.45, 7) is 5.08. The molecule has 1 aliphatic carbocycles. The number of hydrogen-bond acceptors (Lipinski definition) is 3. The lowest BCUT2D eigenvalue weighted by atomic mass is 9.81. The molecule has 4 heteroatoms. The maximum atomic E-state index is 13.0. The van der Waals surface area contributed by atoms with Gasteiger partial charge >= 0.3 is 5.97 Å². The van der Waals surface area contributed by atoms with Gasteiger partial charge in [0.2, 0.25) is 5.91 Å². The zero-order chi connectivity index (χ0) is 18.0. The Balaban J connectivity index is 1.59. The summed E-state index contributed by atoms with van der Waals surface area (Å²) in [6.07, 6.45) is 4.18. The van der Waals surface area contributed by atoms with E-state index < -0.39 is 0 Å². The van der Waals surface area contributed by atoms with Crippen molar-refractivity contribution in [2.75, 3.05) is 13.7 Å². The van der Waals surface area contributed by atoms with Crippen LogP contribution < -0.4 is 0 Å². The van der Waals surface area contributed by atoms with Crippen molar-refractivity contribution in [3.63, 3.8) is 0 Å². The Hall–Kier alpha value is -1.84. The molecule has 1 aromatic rings. The smallest absolute Gasteiger partial charge is 0.308 e. The molecule has 0 radical (unpaired) electrons. The van der Waals surface area contributed by atoms with Crippen LogP contribution in [0.2, 0.25) is 0 Å². The third kappa shape index (κ3) is 3.88. The topological polar surface area (TPSA) is 46.6 Å². The molecule has 0 aromatic heterocycles. The van der Waals surface area contributed by atoms with Crippen LogP contribution in [-0.2, 0) is 14.3 Å². The zero-order valence-electron chi connectivity index (χ0n) is 15.5. The van der Waals surface area contributed by atoms with Gasteiger partial charge in [-0.3, -0.25) is 9.59 Å². The Morgan fingerprint density at radius 3 is 2.24 bits per heavy atom. The Labute approximate surface area is 150 Å². The lowest BCUT2D eigenvalue weighted by Crippen LogP contribution is -2.40. The lowest BCUT2D eigenvalue weighted by molar-refractivity contribution is -0.148. The minimum absolute atomic E-state index is 0.0228. The molecule has 1 saturated carbocycles. The van der Waals surface area contributed by atoms with Gasteiger partial charge in [0, 0.05) is 24.4 Å². The van der Waals surface area contributed by atoms with Crippen molar-refractivity contribution in [3.05, 3.63) is 35.4 Å². The van der Waals surface area contributed by atoms with E-state index in [4.69, 9.17) is 4.74 Å².